The smallest absolute Gasteiger partial charge is 0.142 e. The van der Waals surface area contributed by atoms with E-state index in [-0.39, 0.29) is 37.2 Å². The minimum atomic E-state index is -0.582. The van der Waals surface area contributed by atoms with Crippen LogP contribution in [0.3, 0.4) is 0 Å². The second-order valence-corrected chi connectivity index (χ2v) is 7.24. The summed E-state index contributed by atoms with van der Waals surface area (Å²) in [5.74, 6) is 2.52. The summed E-state index contributed by atoms with van der Waals surface area (Å²) in [4.78, 5) is 4.52. The van der Waals surface area contributed by atoms with Gasteiger partial charge in [0, 0.05) is 38.8 Å². The van der Waals surface area contributed by atoms with Gasteiger partial charge in [0.15, 0.2) is 0 Å². The molecule has 2 aromatic carbocycles. The van der Waals surface area contributed by atoms with Gasteiger partial charge in [-0.3, -0.25) is 4.90 Å². The molecule has 1 unspecified atom stereocenters. The van der Waals surface area contributed by atoms with Crippen LogP contribution < -0.4 is 19.1 Å². The van der Waals surface area contributed by atoms with Crippen LogP contribution in [0, 0.1) is 6.92 Å². The van der Waals surface area contributed by atoms with E-state index in [1.165, 1.54) is 0 Å². The number of halogens is 2. The third-order valence-corrected chi connectivity index (χ3v) is 5.16. The lowest BCUT2D eigenvalue weighted by molar-refractivity contribution is 0.0660. The summed E-state index contributed by atoms with van der Waals surface area (Å²) in [6.07, 6.45) is -0.582. The number of nitrogens with zero attached hydrogens (tertiary/aromatic N) is 2. The summed E-state index contributed by atoms with van der Waals surface area (Å²) < 4.78 is 16.6. The van der Waals surface area contributed by atoms with Gasteiger partial charge < -0.3 is 29.3 Å². The first kappa shape index (κ1) is 27.0. The number of aliphatic hydroxyl groups is 1. The molecule has 0 saturated carbocycles. The van der Waals surface area contributed by atoms with Gasteiger partial charge in [-0.1, -0.05) is 0 Å². The van der Waals surface area contributed by atoms with Crippen molar-refractivity contribution < 1.29 is 24.4 Å². The van der Waals surface area contributed by atoms with E-state index in [2.05, 4.69) is 9.80 Å². The molecule has 2 aromatic rings. The Morgan fingerprint density at radius 3 is 2.23 bits per heavy atom. The second kappa shape index (κ2) is 12.7. The van der Waals surface area contributed by atoms with E-state index in [9.17, 15) is 10.2 Å². The number of aliphatic hydroxyl groups excluding tert-OH is 1. The summed E-state index contributed by atoms with van der Waals surface area (Å²) in [5.41, 5.74) is 1.87. The zero-order valence-corrected chi connectivity index (χ0v) is 19.7. The molecule has 1 saturated heterocycles. The van der Waals surface area contributed by atoms with E-state index in [1.54, 1.807) is 32.4 Å². The van der Waals surface area contributed by atoms with E-state index < -0.39 is 6.10 Å². The van der Waals surface area contributed by atoms with Crippen molar-refractivity contribution in [3.05, 3.63) is 42.0 Å². The summed E-state index contributed by atoms with van der Waals surface area (Å²) in [6.45, 7) is 6.01. The second-order valence-electron chi connectivity index (χ2n) is 7.24. The van der Waals surface area contributed by atoms with Crippen LogP contribution in [0.1, 0.15) is 5.56 Å². The average Bonchev–Trinajstić information content (AvgIpc) is 2.73. The molecule has 0 bridgehead atoms. The Hall–Kier alpha value is -2.06. The van der Waals surface area contributed by atoms with Gasteiger partial charge in [-0.25, -0.2) is 0 Å². The molecule has 174 valence electrons. The largest absolute Gasteiger partial charge is 0.508 e. The highest BCUT2D eigenvalue weighted by molar-refractivity contribution is 5.85. The van der Waals surface area contributed by atoms with E-state index in [0.29, 0.717) is 12.3 Å². The SMILES string of the molecule is COc1ccc(OC)c(N2CCN(CC(O)COc3ccc(O)cc3C)CC2)c1.Cl.Cl. The van der Waals surface area contributed by atoms with Gasteiger partial charge >= 0.3 is 0 Å². The molecule has 1 atom stereocenters. The molecule has 1 heterocycles. The van der Waals surface area contributed by atoms with Crippen molar-refractivity contribution in [3.63, 3.8) is 0 Å². The number of benzene rings is 2. The number of hydrogen-bond acceptors (Lipinski definition) is 7. The van der Waals surface area contributed by atoms with Crippen molar-refractivity contribution in [1.29, 1.82) is 0 Å². The monoisotopic (exact) mass is 474 g/mol. The fourth-order valence-corrected chi connectivity index (χ4v) is 3.55. The van der Waals surface area contributed by atoms with Crippen molar-refractivity contribution >= 4 is 30.5 Å². The van der Waals surface area contributed by atoms with E-state index >= 15 is 0 Å². The van der Waals surface area contributed by atoms with Gasteiger partial charge in [0.1, 0.15) is 35.7 Å². The number of β-amino-alcohol motifs (C(OH)–C–C–N with tert-alkyl or cyclic N) is 1. The molecule has 0 aromatic heterocycles. The van der Waals surface area contributed by atoms with Crippen LogP contribution in [0.15, 0.2) is 36.4 Å². The number of aryl methyl sites for hydroxylation is 1. The fraction of sp³-hybridized carbons (Fsp3) is 0.455. The third-order valence-electron chi connectivity index (χ3n) is 5.16. The zero-order chi connectivity index (χ0) is 20.8. The van der Waals surface area contributed by atoms with Crippen molar-refractivity contribution in [2.45, 2.75) is 13.0 Å². The Bertz CT molecular complexity index is 816. The third kappa shape index (κ3) is 7.25. The van der Waals surface area contributed by atoms with Gasteiger partial charge in [-0.2, -0.15) is 0 Å². The highest BCUT2D eigenvalue weighted by Crippen LogP contribution is 2.32. The van der Waals surface area contributed by atoms with Crippen LogP contribution in [0.25, 0.3) is 0 Å². The molecule has 1 aliphatic rings. The first-order valence-corrected chi connectivity index (χ1v) is 9.80. The first-order valence-electron chi connectivity index (χ1n) is 9.80. The van der Waals surface area contributed by atoms with E-state index in [0.717, 1.165) is 48.9 Å². The lowest BCUT2D eigenvalue weighted by atomic mass is 10.2. The van der Waals surface area contributed by atoms with Crippen molar-refractivity contribution in [2.75, 3.05) is 58.5 Å². The van der Waals surface area contributed by atoms with E-state index in [1.807, 2.05) is 25.1 Å². The number of anilines is 1. The molecule has 3 rings (SSSR count). The van der Waals surface area contributed by atoms with Crippen LogP contribution in [-0.2, 0) is 0 Å². The quantitative estimate of drug-likeness (QED) is 0.608. The molecular weight excluding hydrogens is 443 g/mol. The van der Waals surface area contributed by atoms with Gasteiger partial charge in [0.2, 0.25) is 0 Å². The average molecular weight is 475 g/mol. The molecule has 0 radical (unpaired) electrons. The maximum Gasteiger partial charge on any atom is 0.142 e. The summed E-state index contributed by atoms with van der Waals surface area (Å²) in [6, 6.07) is 10.8. The molecule has 0 aliphatic carbocycles. The molecule has 0 spiro atoms. The Morgan fingerprint density at radius 1 is 0.935 bits per heavy atom. The topological polar surface area (TPSA) is 74.6 Å². The molecule has 9 heteroatoms. The van der Waals surface area contributed by atoms with Crippen molar-refractivity contribution in [1.82, 2.24) is 4.90 Å². The van der Waals surface area contributed by atoms with Crippen LogP contribution >= 0.6 is 24.8 Å². The van der Waals surface area contributed by atoms with Crippen molar-refractivity contribution in [3.8, 4) is 23.0 Å². The summed E-state index contributed by atoms with van der Waals surface area (Å²) in [7, 11) is 3.33. The zero-order valence-electron chi connectivity index (χ0n) is 18.1. The van der Waals surface area contributed by atoms with Crippen molar-refractivity contribution in [2.24, 2.45) is 0 Å². The number of phenols is 1. The summed E-state index contributed by atoms with van der Waals surface area (Å²) in [5, 5.41) is 19.8. The maximum absolute atomic E-state index is 10.4. The highest BCUT2D eigenvalue weighted by Gasteiger charge is 2.22. The number of ether oxygens (including phenoxy) is 3. The molecule has 1 aliphatic heterocycles. The predicted octanol–water partition coefficient (Wildman–Crippen LogP) is 3.12. The molecule has 2 N–H and O–H groups in total. The highest BCUT2D eigenvalue weighted by atomic mass is 35.5. The van der Waals surface area contributed by atoms with Crippen LogP contribution in [0.2, 0.25) is 0 Å². The number of hydrogen-bond donors (Lipinski definition) is 2. The number of piperazine rings is 1. The van der Waals surface area contributed by atoms with Gasteiger partial charge in [0.25, 0.3) is 0 Å². The van der Waals surface area contributed by atoms with Gasteiger partial charge in [-0.05, 0) is 42.8 Å². The lowest BCUT2D eigenvalue weighted by Crippen LogP contribution is -2.49. The van der Waals surface area contributed by atoms with Gasteiger partial charge in [-0.15, -0.1) is 24.8 Å². The Labute approximate surface area is 196 Å². The lowest BCUT2D eigenvalue weighted by Gasteiger charge is -2.37. The standard InChI is InChI=1S/C22H30N2O5.2ClH/c1-16-12-17(25)4-6-21(16)29-15-18(26)14-23-8-10-24(11-9-23)20-13-19(27-2)5-7-22(20)28-3;;/h4-7,12-13,18,25-26H,8-11,14-15H2,1-3H3;2*1H. The van der Waals surface area contributed by atoms with Crippen LogP contribution in [0.5, 0.6) is 23.0 Å². The summed E-state index contributed by atoms with van der Waals surface area (Å²) >= 11 is 0. The number of methoxy groups -OCH3 is 2. The molecule has 0 amide bonds. The maximum atomic E-state index is 10.4. The van der Waals surface area contributed by atoms with E-state index in [4.69, 9.17) is 14.2 Å². The molecule has 7 nitrogen and oxygen atoms in total. The Kier molecular flexibility index (Phi) is 11.1. The number of rotatable bonds is 8. The molecular formula is C22H32Cl2N2O5. The molecule has 31 heavy (non-hydrogen) atoms. The Balaban J connectivity index is 0.00000240. The minimum absolute atomic E-state index is 0. The van der Waals surface area contributed by atoms with Gasteiger partial charge in [0.05, 0.1) is 19.9 Å². The predicted molar refractivity (Wildman–Crippen MR) is 127 cm³/mol. The minimum Gasteiger partial charge on any atom is -0.508 e. The van der Waals surface area contributed by atoms with Crippen LogP contribution in [-0.4, -0.2) is 74.8 Å². The normalized spacial score (nSPS) is 14.8. The molecule has 1 fully saturated rings. The first-order chi connectivity index (χ1) is 14.0. The number of phenolic OH excluding ortho intramolecular Hbond substituents is 1. The number of aromatic hydroxyl groups is 1. The fourth-order valence-electron chi connectivity index (χ4n) is 3.55. The van der Waals surface area contributed by atoms with Crippen LogP contribution in [0.4, 0.5) is 5.69 Å². The Morgan fingerprint density at radius 2 is 1.61 bits per heavy atom.